The molecule has 0 radical (unpaired) electrons. The van der Waals surface area contributed by atoms with E-state index in [-0.39, 0.29) is 0 Å². The molecule has 1 unspecified atom stereocenters. The van der Waals surface area contributed by atoms with E-state index in [1.807, 2.05) is 30.3 Å². The van der Waals surface area contributed by atoms with Crippen molar-refractivity contribution in [3.63, 3.8) is 0 Å². The summed E-state index contributed by atoms with van der Waals surface area (Å²) in [6.45, 7) is 4.26. The van der Waals surface area contributed by atoms with Crippen molar-refractivity contribution in [2.75, 3.05) is 17.7 Å². The summed E-state index contributed by atoms with van der Waals surface area (Å²) in [5.41, 5.74) is 0.928. The van der Waals surface area contributed by atoms with Crippen molar-refractivity contribution in [2.45, 2.75) is 26.3 Å². The van der Waals surface area contributed by atoms with Crippen LogP contribution in [0.25, 0.3) is 0 Å². The summed E-state index contributed by atoms with van der Waals surface area (Å²) >= 11 is 0. The first-order valence-corrected chi connectivity index (χ1v) is 6.71. The fourth-order valence-electron chi connectivity index (χ4n) is 1.71. The predicted molar refractivity (Wildman–Crippen MR) is 81.7 cm³/mol. The van der Waals surface area contributed by atoms with Crippen molar-refractivity contribution in [1.29, 1.82) is 0 Å². The van der Waals surface area contributed by atoms with Crippen molar-refractivity contribution < 1.29 is 4.74 Å². The number of anilines is 3. The number of aromatic nitrogens is 2. The molecule has 20 heavy (non-hydrogen) atoms. The van der Waals surface area contributed by atoms with E-state index in [1.165, 1.54) is 0 Å². The van der Waals surface area contributed by atoms with Crippen LogP contribution in [0.15, 0.2) is 36.7 Å². The minimum Gasteiger partial charge on any atom is -0.497 e. The molecule has 0 bridgehead atoms. The van der Waals surface area contributed by atoms with Crippen LogP contribution in [0.4, 0.5) is 17.3 Å². The van der Waals surface area contributed by atoms with Crippen LogP contribution in [-0.2, 0) is 0 Å². The van der Waals surface area contributed by atoms with E-state index in [4.69, 9.17) is 4.74 Å². The van der Waals surface area contributed by atoms with Crippen molar-refractivity contribution in [3.05, 3.63) is 36.7 Å². The lowest BCUT2D eigenvalue weighted by molar-refractivity contribution is 0.415. The van der Waals surface area contributed by atoms with Gasteiger partial charge in [0, 0.05) is 23.9 Å². The molecule has 0 aliphatic heterocycles. The minimum absolute atomic E-state index is 0.384. The fraction of sp³-hybridized carbons (Fsp3) is 0.333. The maximum atomic E-state index is 5.20. The van der Waals surface area contributed by atoms with E-state index in [9.17, 15) is 0 Å². The Morgan fingerprint density at radius 3 is 2.75 bits per heavy atom. The zero-order valence-corrected chi connectivity index (χ0v) is 12.1. The Morgan fingerprint density at radius 1 is 1.20 bits per heavy atom. The van der Waals surface area contributed by atoms with Crippen LogP contribution in [0, 0.1) is 0 Å². The number of nitrogens with one attached hydrogen (secondary N) is 2. The number of methoxy groups -OCH3 is 1. The Kier molecular flexibility index (Phi) is 4.76. The normalized spacial score (nSPS) is 11.8. The maximum absolute atomic E-state index is 5.20. The number of hydrogen-bond acceptors (Lipinski definition) is 5. The van der Waals surface area contributed by atoms with Crippen molar-refractivity contribution >= 4 is 17.3 Å². The maximum Gasteiger partial charge on any atom is 0.135 e. The summed E-state index contributed by atoms with van der Waals surface area (Å²) in [5, 5.41) is 6.56. The molecule has 5 heteroatoms. The number of benzene rings is 1. The van der Waals surface area contributed by atoms with Gasteiger partial charge in [-0.2, -0.15) is 0 Å². The van der Waals surface area contributed by atoms with Gasteiger partial charge in [-0.15, -0.1) is 0 Å². The molecule has 106 valence electrons. The average molecular weight is 272 g/mol. The van der Waals surface area contributed by atoms with Gasteiger partial charge in [-0.3, -0.25) is 0 Å². The van der Waals surface area contributed by atoms with Crippen molar-refractivity contribution in [3.8, 4) is 5.75 Å². The highest BCUT2D eigenvalue weighted by atomic mass is 16.5. The summed E-state index contributed by atoms with van der Waals surface area (Å²) in [7, 11) is 1.65. The average Bonchev–Trinajstić information content (AvgIpc) is 2.47. The molecule has 0 fully saturated rings. The first-order valence-electron chi connectivity index (χ1n) is 6.71. The molecule has 2 N–H and O–H groups in total. The summed E-state index contributed by atoms with van der Waals surface area (Å²) in [6.07, 6.45) is 2.59. The Morgan fingerprint density at radius 2 is 2.00 bits per heavy atom. The standard InChI is InChI=1S/C15H20N4O/c1-4-11(2)18-14-9-15(17-10-16-14)19-12-6-5-7-13(8-12)20-3/h5-11H,4H2,1-3H3,(H2,16,17,18,19). The second-order valence-electron chi connectivity index (χ2n) is 4.60. The van der Waals surface area contributed by atoms with E-state index >= 15 is 0 Å². The van der Waals surface area contributed by atoms with Gasteiger partial charge in [-0.25, -0.2) is 9.97 Å². The molecule has 2 aromatic rings. The van der Waals surface area contributed by atoms with E-state index < -0.39 is 0 Å². The molecule has 1 atom stereocenters. The quantitative estimate of drug-likeness (QED) is 0.843. The number of rotatable bonds is 6. The molecule has 0 aliphatic carbocycles. The van der Waals surface area contributed by atoms with Crippen LogP contribution in [0.2, 0.25) is 0 Å². The van der Waals surface area contributed by atoms with Crippen LogP contribution in [0.3, 0.4) is 0 Å². The molecule has 1 heterocycles. The monoisotopic (exact) mass is 272 g/mol. The van der Waals surface area contributed by atoms with Crippen LogP contribution in [-0.4, -0.2) is 23.1 Å². The molecular formula is C15H20N4O. The van der Waals surface area contributed by atoms with Crippen LogP contribution < -0.4 is 15.4 Å². The molecule has 0 amide bonds. The highest BCUT2D eigenvalue weighted by Crippen LogP contribution is 2.21. The molecule has 0 spiro atoms. The van der Waals surface area contributed by atoms with Gasteiger partial charge in [-0.05, 0) is 25.5 Å². The topological polar surface area (TPSA) is 59.1 Å². The Hall–Kier alpha value is -2.30. The fourth-order valence-corrected chi connectivity index (χ4v) is 1.71. The summed E-state index contributed by atoms with van der Waals surface area (Å²) < 4.78 is 5.20. The third-order valence-corrected chi connectivity index (χ3v) is 3.02. The molecular weight excluding hydrogens is 252 g/mol. The number of nitrogens with zero attached hydrogens (tertiary/aromatic N) is 2. The third kappa shape index (κ3) is 3.85. The van der Waals surface area contributed by atoms with Crippen LogP contribution in [0.1, 0.15) is 20.3 Å². The summed E-state index contributed by atoms with van der Waals surface area (Å²) in [6, 6.07) is 10.00. The molecule has 0 saturated heterocycles. The lowest BCUT2D eigenvalue weighted by Gasteiger charge is -2.13. The smallest absolute Gasteiger partial charge is 0.135 e. The highest BCUT2D eigenvalue weighted by molar-refractivity contribution is 5.60. The molecule has 2 rings (SSSR count). The molecule has 0 saturated carbocycles. The van der Waals surface area contributed by atoms with Crippen molar-refractivity contribution in [1.82, 2.24) is 9.97 Å². The van der Waals surface area contributed by atoms with Gasteiger partial charge < -0.3 is 15.4 Å². The van der Waals surface area contributed by atoms with Gasteiger partial charge in [-0.1, -0.05) is 13.0 Å². The minimum atomic E-state index is 0.384. The highest BCUT2D eigenvalue weighted by Gasteiger charge is 2.03. The van der Waals surface area contributed by atoms with Crippen LogP contribution in [0.5, 0.6) is 5.75 Å². The number of hydrogen-bond donors (Lipinski definition) is 2. The van der Waals surface area contributed by atoms with E-state index in [0.717, 1.165) is 29.5 Å². The third-order valence-electron chi connectivity index (χ3n) is 3.02. The van der Waals surface area contributed by atoms with Crippen molar-refractivity contribution in [2.24, 2.45) is 0 Å². The molecule has 1 aromatic heterocycles. The first kappa shape index (κ1) is 14.1. The SMILES string of the molecule is CCC(C)Nc1cc(Nc2cccc(OC)c2)ncn1. The van der Waals surface area contributed by atoms with Gasteiger partial charge in [0.1, 0.15) is 23.7 Å². The van der Waals surface area contributed by atoms with Crippen LogP contribution >= 0.6 is 0 Å². The zero-order chi connectivity index (χ0) is 14.4. The van der Waals surface area contributed by atoms with E-state index in [0.29, 0.717) is 6.04 Å². The van der Waals surface area contributed by atoms with Gasteiger partial charge >= 0.3 is 0 Å². The molecule has 0 aliphatic rings. The lowest BCUT2D eigenvalue weighted by atomic mass is 10.2. The largest absolute Gasteiger partial charge is 0.497 e. The zero-order valence-electron chi connectivity index (χ0n) is 12.1. The Bertz CT molecular complexity index is 559. The Balaban J connectivity index is 2.10. The number of ether oxygens (including phenoxy) is 1. The predicted octanol–water partition coefficient (Wildman–Crippen LogP) is 3.44. The summed E-state index contributed by atoms with van der Waals surface area (Å²) in [5.74, 6) is 2.38. The molecule has 5 nitrogen and oxygen atoms in total. The molecule has 1 aromatic carbocycles. The second kappa shape index (κ2) is 6.75. The van der Waals surface area contributed by atoms with E-state index in [1.54, 1.807) is 13.4 Å². The van der Waals surface area contributed by atoms with Gasteiger partial charge in [0.25, 0.3) is 0 Å². The van der Waals surface area contributed by atoms with E-state index in [2.05, 4.69) is 34.4 Å². The summed E-state index contributed by atoms with van der Waals surface area (Å²) in [4.78, 5) is 8.44. The second-order valence-corrected chi connectivity index (χ2v) is 4.60. The van der Waals surface area contributed by atoms with Gasteiger partial charge in [0.15, 0.2) is 0 Å². The van der Waals surface area contributed by atoms with Gasteiger partial charge in [0.2, 0.25) is 0 Å². The Labute approximate surface area is 119 Å². The van der Waals surface area contributed by atoms with Gasteiger partial charge in [0.05, 0.1) is 7.11 Å². The lowest BCUT2D eigenvalue weighted by Crippen LogP contribution is -2.14. The first-order chi connectivity index (χ1) is 9.71.